The second-order valence-corrected chi connectivity index (χ2v) is 3.41. The van der Waals surface area contributed by atoms with Crippen molar-refractivity contribution >= 4 is 11.7 Å². The van der Waals surface area contributed by atoms with E-state index in [9.17, 15) is 4.79 Å². The van der Waals surface area contributed by atoms with Crippen molar-refractivity contribution in [1.29, 1.82) is 0 Å². The van der Waals surface area contributed by atoms with Crippen molar-refractivity contribution in [3.63, 3.8) is 0 Å². The van der Waals surface area contributed by atoms with Gasteiger partial charge in [-0.2, -0.15) is 0 Å². The van der Waals surface area contributed by atoms with Gasteiger partial charge in [-0.25, -0.2) is 9.78 Å². The lowest BCUT2D eigenvalue weighted by atomic mass is 10.2. The smallest absolute Gasteiger partial charge is 0.356 e. The monoisotopic (exact) mass is 220 g/mol. The molecule has 0 unspecified atom stereocenters. The van der Waals surface area contributed by atoms with Crippen molar-refractivity contribution in [3.8, 4) is 0 Å². The average Bonchev–Trinajstić information content (AvgIpc) is 2.29. The van der Waals surface area contributed by atoms with Crippen LogP contribution in [-0.4, -0.2) is 29.1 Å². The Kier molecular flexibility index (Phi) is 4.51. The van der Waals surface area contributed by atoms with Crippen LogP contribution >= 0.6 is 0 Å². The maximum atomic E-state index is 11.0. The molecule has 1 aromatic rings. The zero-order valence-corrected chi connectivity index (χ0v) is 9.39. The fraction of sp³-hybridized carbons (Fsp3) is 0.333. The molecule has 0 spiro atoms. The van der Waals surface area contributed by atoms with Gasteiger partial charge in [0.15, 0.2) is 5.69 Å². The number of aromatic carboxylic acids is 1. The minimum atomic E-state index is -0.999. The Labute approximate surface area is 95.2 Å². The summed E-state index contributed by atoms with van der Waals surface area (Å²) in [5, 5.41) is 9.04. The normalized spacial score (nSPS) is 9.81. The van der Waals surface area contributed by atoms with Crippen molar-refractivity contribution in [2.24, 2.45) is 0 Å². The van der Waals surface area contributed by atoms with Crippen LogP contribution in [0.25, 0.3) is 0 Å². The van der Waals surface area contributed by atoms with E-state index in [1.54, 1.807) is 18.2 Å². The number of hydrogen-bond acceptors (Lipinski definition) is 3. The molecule has 0 aliphatic rings. The minimum absolute atomic E-state index is 0.0952. The van der Waals surface area contributed by atoms with E-state index in [4.69, 9.17) is 5.11 Å². The van der Waals surface area contributed by atoms with Crippen LogP contribution in [0.5, 0.6) is 0 Å². The van der Waals surface area contributed by atoms with E-state index in [0.29, 0.717) is 12.2 Å². The van der Waals surface area contributed by atoms with Crippen LogP contribution in [-0.2, 0) is 0 Å². The van der Waals surface area contributed by atoms with Gasteiger partial charge in [-0.15, -0.1) is 6.58 Å². The van der Waals surface area contributed by atoms with E-state index in [2.05, 4.69) is 11.6 Å². The molecule has 1 heterocycles. The van der Waals surface area contributed by atoms with Gasteiger partial charge in [-0.1, -0.05) is 13.0 Å². The summed E-state index contributed by atoms with van der Waals surface area (Å²) in [5.41, 5.74) is 0.745. The van der Waals surface area contributed by atoms with Gasteiger partial charge in [-0.05, 0) is 18.6 Å². The number of anilines is 1. The Morgan fingerprint density at radius 3 is 3.00 bits per heavy atom. The van der Waals surface area contributed by atoms with Crippen molar-refractivity contribution in [3.05, 3.63) is 36.7 Å². The second-order valence-electron chi connectivity index (χ2n) is 3.41. The molecule has 0 amide bonds. The van der Waals surface area contributed by atoms with E-state index < -0.39 is 5.97 Å². The highest BCUT2D eigenvalue weighted by Crippen LogP contribution is 2.18. The molecule has 1 N–H and O–H groups in total. The highest BCUT2D eigenvalue weighted by molar-refractivity contribution is 5.92. The van der Waals surface area contributed by atoms with Crippen LogP contribution < -0.4 is 4.90 Å². The van der Waals surface area contributed by atoms with Gasteiger partial charge < -0.3 is 10.0 Å². The van der Waals surface area contributed by atoms with Crippen molar-refractivity contribution in [2.45, 2.75) is 13.3 Å². The third-order valence-electron chi connectivity index (χ3n) is 2.17. The molecular formula is C12H16N2O2. The molecule has 16 heavy (non-hydrogen) atoms. The molecule has 0 aromatic carbocycles. The Morgan fingerprint density at radius 2 is 2.44 bits per heavy atom. The quantitative estimate of drug-likeness (QED) is 0.746. The number of rotatable bonds is 6. The van der Waals surface area contributed by atoms with Gasteiger partial charge in [0.25, 0.3) is 0 Å². The number of carboxylic acid groups (broad SMARTS) is 1. The van der Waals surface area contributed by atoms with E-state index in [1.807, 2.05) is 11.8 Å². The number of hydrogen-bond donors (Lipinski definition) is 1. The first-order valence-corrected chi connectivity index (χ1v) is 5.24. The Morgan fingerprint density at radius 1 is 1.69 bits per heavy atom. The maximum absolute atomic E-state index is 11.0. The van der Waals surface area contributed by atoms with E-state index in [1.165, 1.54) is 6.20 Å². The first-order valence-electron chi connectivity index (χ1n) is 5.24. The van der Waals surface area contributed by atoms with Gasteiger partial charge >= 0.3 is 5.97 Å². The molecule has 0 radical (unpaired) electrons. The standard InChI is InChI=1S/C12H16N2O2/c1-3-8-14(9-4-2)10-6-5-7-13-11(10)12(15)16/h3,5-7H,1,4,8-9H2,2H3,(H,15,16). The molecule has 86 valence electrons. The van der Waals surface area contributed by atoms with Gasteiger partial charge in [0.05, 0.1) is 5.69 Å². The number of aromatic nitrogens is 1. The zero-order chi connectivity index (χ0) is 12.0. The highest BCUT2D eigenvalue weighted by Gasteiger charge is 2.15. The van der Waals surface area contributed by atoms with Gasteiger partial charge in [0.1, 0.15) is 0 Å². The lowest BCUT2D eigenvalue weighted by Crippen LogP contribution is -2.26. The van der Waals surface area contributed by atoms with Crippen LogP contribution in [0, 0.1) is 0 Å². The molecule has 1 rings (SSSR count). The summed E-state index contributed by atoms with van der Waals surface area (Å²) in [5.74, 6) is -0.999. The van der Waals surface area contributed by atoms with Crippen LogP contribution in [0.4, 0.5) is 5.69 Å². The lowest BCUT2D eigenvalue weighted by molar-refractivity contribution is 0.0691. The molecule has 4 nitrogen and oxygen atoms in total. The summed E-state index contributed by atoms with van der Waals surface area (Å²) in [4.78, 5) is 16.9. The maximum Gasteiger partial charge on any atom is 0.356 e. The molecule has 0 saturated heterocycles. The fourth-order valence-electron chi connectivity index (χ4n) is 1.55. The van der Waals surface area contributed by atoms with Gasteiger partial charge in [-0.3, -0.25) is 0 Å². The largest absolute Gasteiger partial charge is 0.476 e. The number of pyridine rings is 1. The Balaban J connectivity index is 3.06. The van der Waals surface area contributed by atoms with Crippen LogP contribution in [0.2, 0.25) is 0 Å². The first-order chi connectivity index (χ1) is 7.70. The molecule has 4 heteroatoms. The topological polar surface area (TPSA) is 53.4 Å². The van der Waals surface area contributed by atoms with Gasteiger partial charge in [0.2, 0.25) is 0 Å². The van der Waals surface area contributed by atoms with E-state index in [0.717, 1.165) is 13.0 Å². The molecule has 0 bridgehead atoms. The molecule has 0 saturated carbocycles. The predicted octanol–water partition coefficient (Wildman–Crippen LogP) is 2.18. The minimum Gasteiger partial charge on any atom is -0.476 e. The third kappa shape index (κ3) is 2.82. The molecule has 0 atom stereocenters. The SMILES string of the molecule is C=CCN(CCC)c1cccnc1C(=O)O. The zero-order valence-electron chi connectivity index (χ0n) is 9.39. The summed E-state index contributed by atoms with van der Waals surface area (Å²) < 4.78 is 0. The van der Waals surface area contributed by atoms with E-state index in [-0.39, 0.29) is 5.69 Å². The number of carbonyl (C=O) groups is 1. The molecular weight excluding hydrogens is 204 g/mol. The lowest BCUT2D eigenvalue weighted by Gasteiger charge is -2.23. The fourth-order valence-corrected chi connectivity index (χ4v) is 1.55. The summed E-state index contributed by atoms with van der Waals surface area (Å²) in [6, 6.07) is 3.52. The summed E-state index contributed by atoms with van der Waals surface area (Å²) in [6.07, 6.45) is 4.20. The Bertz CT molecular complexity index is 377. The van der Waals surface area contributed by atoms with Crippen molar-refractivity contribution < 1.29 is 9.90 Å². The van der Waals surface area contributed by atoms with Crippen LogP contribution in [0.3, 0.4) is 0 Å². The van der Waals surface area contributed by atoms with Crippen molar-refractivity contribution in [1.82, 2.24) is 4.98 Å². The summed E-state index contributed by atoms with van der Waals surface area (Å²) >= 11 is 0. The average molecular weight is 220 g/mol. The molecule has 0 aliphatic heterocycles. The summed E-state index contributed by atoms with van der Waals surface area (Å²) in [6.45, 7) is 7.14. The molecule has 0 fully saturated rings. The number of nitrogens with zero attached hydrogens (tertiary/aromatic N) is 2. The Hall–Kier alpha value is -1.84. The van der Waals surface area contributed by atoms with Crippen LogP contribution in [0.15, 0.2) is 31.0 Å². The summed E-state index contributed by atoms with van der Waals surface area (Å²) in [7, 11) is 0. The predicted molar refractivity (Wildman–Crippen MR) is 63.9 cm³/mol. The van der Waals surface area contributed by atoms with E-state index >= 15 is 0 Å². The highest BCUT2D eigenvalue weighted by atomic mass is 16.4. The second kappa shape index (κ2) is 5.90. The molecule has 0 aliphatic carbocycles. The first kappa shape index (κ1) is 12.2. The third-order valence-corrected chi connectivity index (χ3v) is 2.17. The van der Waals surface area contributed by atoms with Gasteiger partial charge in [0, 0.05) is 19.3 Å². The van der Waals surface area contributed by atoms with Crippen molar-refractivity contribution in [2.75, 3.05) is 18.0 Å². The number of carboxylic acids is 1. The molecule has 1 aromatic heterocycles. The van der Waals surface area contributed by atoms with Crippen LogP contribution in [0.1, 0.15) is 23.8 Å².